The van der Waals surface area contributed by atoms with Crippen molar-refractivity contribution in [1.82, 2.24) is 10.6 Å². The van der Waals surface area contributed by atoms with E-state index in [9.17, 15) is 0 Å². The van der Waals surface area contributed by atoms with E-state index in [2.05, 4.69) is 69.0 Å². The van der Waals surface area contributed by atoms with E-state index in [0.717, 1.165) is 58.8 Å². The number of anilines is 2. The molecule has 2 aromatic rings. The molecule has 0 saturated carbocycles. The Morgan fingerprint density at radius 1 is 0.515 bits per heavy atom. The summed E-state index contributed by atoms with van der Waals surface area (Å²) in [7, 11) is 0. The molecule has 2 rings (SSSR count). The van der Waals surface area contributed by atoms with Crippen LogP contribution < -0.4 is 20.4 Å². The van der Waals surface area contributed by atoms with Gasteiger partial charge in [0.2, 0.25) is 0 Å². The number of alkyl halides is 4. The summed E-state index contributed by atoms with van der Waals surface area (Å²) < 4.78 is 0. The van der Waals surface area contributed by atoms with Crippen molar-refractivity contribution < 1.29 is 0 Å². The molecule has 0 aromatic heterocycles. The van der Waals surface area contributed by atoms with Crippen LogP contribution in [0.25, 0.3) is 0 Å². The van der Waals surface area contributed by atoms with Gasteiger partial charge in [-0.1, -0.05) is 24.3 Å². The molecule has 0 amide bonds. The Labute approximate surface area is 219 Å². The highest BCUT2D eigenvalue weighted by molar-refractivity contribution is 6.19. The van der Waals surface area contributed by atoms with E-state index in [1.54, 1.807) is 0 Å². The zero-order chi connectivity index (χ0) is 23.7. The van der Waals surface area contributed by atoms with Crippen molar-refractivity contribution in [2.75, 3.05) is 72.6 Å². The van der Waals surface area contributed by atoms with Gasteiger partial charge in [-0.15, -0.1) is 46.4 Å². The molecule has 0 aliphatic heterocycles. The second-order valence-electron chi connectivity index (χ2n) is 7.77. The van der Waals surface area contributed by atoms with Gasteiger partial charge in [0.05, 0.1) is 0 Å². The van der Waals surface area contributed by atoms with Crippen molar-refractivity contribution >= 4 is 57.8 Å². The second kappa shape index (κ2) is 17.5. The van der Waals surface area contributed by atoms with Crippen LogP contribution in [0.15, 0.2) is 48.5 Å². The van der Waals surface area contributed by atoms with Gasteiger partial charge in [-0.05, 0) is 54.9 Å². The molecule has 33 heavy (non-hydrogen) atoms. The number of nitrogens with one attached hydrogen (secondary N) is 2. The standard InChI is InChI=1S/C25H36Cl4N4/c26-10-16-32(17-11-27)24-6-2-22(3-7-24)20-30-14-1-15-31-21-23-4-8-25(9-5-23)33(18-12-28)19-13-29/h2-9,30-31H,1,10-21H2. The molecule has 4 nitrogen and oxygen atoms in total. The molecular weight excluding hydrogens is 498 g/mol. The quantitative estimate of drug-likeness (QED) is 0.195. The molecule has 0 unspecified atom stereocenters. The maximum atomic E-state index is 5.90. The molecule has 0 bridgehead atoms. The van der Waals surface area contributed by atoms with Gasteiger partial charge in [-0.2, -0.15) is 0 Å². The van der Waals surface area contributed by atoms with Crippen molar-refractivity contribution in [1.29, 1.82) is 0 Å². The number of hydrogen-bond acceptors (Lipinski definition) is 4. The lowest BCUT2D eigenvalue weighted by molar-refractivity contribution is 0.595. The third kappa shape index (κ3) is 10.9. The Morgan fingerprint density at radius 2 is 0.848 bits per heavy atom. The van der Waals surface area contributed by atoms with Gasteiger partial charge in [-0.3, -0.25) is 0 Å². The summed E-state index contributed by atoms with van der Waals surface area (Å²) in [6, 6.07) is 17.3. The van der Waals surface area contributed by atoms with E-state index < -0.39 is 0 Å². The molecule has 0 atom stereocenters. The number of rotatable bonds is 18. The van der Waals surface area contributed by atoms with Crippen molar-refractivity contribution in [2.45, 2.75) is 19.5 Å². The summed E-state index contributed by atoms with van der Waals surface area (Å²) in [5.41, 5.74) is 4.90. The van der Waals surface area contributed by atoms with Crippen LogP contribution in [-0.4, -0.2) is 62.8 Å². The molecule has 0 saturated heterocycles. The Morgan fingerprint density at radius 3 is 1.15 bits per heavy atom. The van der Waals surface area contributed by atoms with E-state index in [0.29, 0.717) is 23.5 Å². The average molecular weight is 534 g/mol. The monoisotopic (exact) mass is 532 g/mol. The topological polar surface area (TPSA) is 30.5 Å². The van der Waals surface area contributed by atoms with Crippen LogP contribution in [0.5, 0.6) is 0 Å². The van der Waals surface area contributed by atoms with E-state index >= 15 is 0 Å². The summed E-state index contributed by atoms with van der Waals surface area (Å²) in [5.74, 6) is 2.39. The molecule has 2 N–H and O–H groups in total. The minimum Gasteiger partial charge on any atom is -0.369 e. The Kier molecular flexibility index (Phi) is 15.1. The Balaban J connectivity index is 1.62. The van der Waals surface area contributed by atoms with Crippen LogP contribution in [0.2, 0.25) is 0 Å². The van der Waals surface area contributed by atoms with Gasteiger partial charge < -0.3 is 20.4 Å². The van der Waals surface area contributed by atoms with Gasteiger partial charge >= 0.3 is 0 Å². The van der Waals surface area contributed by atoms with Crippen molar-refractivity contribution in [3.63, 3.8) is 0 Å². The first-order valence-electron chi connectivity index (χ1n) is 11.5. The van der Waals surface area contributed by atoms with E-state index in [1.165, 1.54) is 22.5 Å². The summed E-state index contributed by atoms with van der Waals surface area (Å²) in [4.78, 5) is 4.43. The van der Waals surface area contributed by atoms with Gasteiger partial charge in [0, 0.05) is 74.2 Å². The largest absolute Gasteiger partial charge is 0.369 e. The molecule has 0 aliphatic carbocycles. The average Bonchev–Trinajstić information content (AvgIpc) is 2.84. The summed E-state index contributed by atoms with van der Waals surface area (Å²) in [5, 5.41) is 7.04. The van der Waals surface area contributed by atoms with Crippen LogP contribution in [-0.2, 0) is 13.1 Å². The highest BCUT2D eigenvalue weighted by atomic mass is 35.5. The van der Waals surface area contributed by atoms with Crippen LogP contribution in [0.1, 0.15) is 17.5 Å². The second-order valence-corrected chi connectivity index (χ2v) is 9.28. The normalized spacial score (nSPS) is 11.0. The fourth-order valence-electron chi connectivity index (χ4n) is 3.60. The van der Waals surface area contributed by atoms with Crippen LogP contribution in [0.4, 0.5) is 11.4 Å². The molecule has 2 aromatic carbocycles. The molecular formula is C25H36Cl4N4. The molecule has 0 radical (unpaired) electrons. The van der Waals surface area contributed by atoms with Gasteiger partial charge in [0.1, 0.15) is 0 Å². The minimum atomic E-state index is 0.598. The predicted molar refractivity (Wildman–Crippen MR) is 148 cm³/mol. The Hall–Kier alpha value is -0.880. The smallest absolute Gasteiger partial charge is 0.0399 e. The van der Waals surface area contributed by atoms with Crippen LogP contribution in [0.3, 0.4) is 0 Å². The lowest BCUT2D eigenvalue weighted by Gasteiger charge is -2.23. The van der Waals surface area contributed by atoms with Crippen LogP contribution in [0, 0.1) is 0 Å². The fraction of sp³-hybridized carbons (Fsp3) is 0.520. The van der Waals surface area contributed by atoms with E-state index in [4.69, 9.17) is 46.4 Å². The first-order chi connectivity index (χ1) is 16.2. The third-order valence-corrected chi connectivity index (χ3v) is 6.06. The first kappa shape index (κ1) is 28.4. The molecule has 184 valence electrons. The lowest BCUT2D eigenvalue weighted by atomic mass is 10.2. The number of hydrogen-bond donors (Lipinski definition) is 2. The highest BCUT2D eigenvalue weighted by Gasteiger charge is 2.06. The zero-order valence-electron chi connectivity index (χ0n) is 19.2. The fourth-order valence-corrected chi connectivity index (χ4v) is 4.42. The highest BCUT2D eigenvalue weighted by Crippen LogP contribution is 2.16. The summed E-state index contributed by atoms with van der Waals surface area (Å²) in [6.45, 7) is 6.93. The minimum absolute atomic E-state index is 0.598. The molecule has 0 fully saturated rings. The summed E-state index contributed by atoms with van der Waals surface area (Å²) >= 11 is 23.6. The number of halogens is 4. The van der Waals surface area contributed by atoms with Crippen LogP contribution >= 0.6 is 46.4 Å². The van der Waals surface area contributed by atoms with Gasteiger partial charge in [-0.25, -0.2) is 0 Å². The maximum Gasteiger partial charge on any atom is 0.0399 e. The van der Waals surface area contributed by atoms with Crippen molar-refractivity contribution in [2.24, 2.45) is 0 Å². The molecule has 0 heterocycles. The predicted octanol–water partition coefficient (Wildman–Crippen LogP) is 5.52. The van der Waals surface area contributed by atoms with Crippen molar-refractivity contribution in [3.05, 3.63) is 59.7 Å². The third-order valence-electron chi connectivity index (χ3n) is 5.39. The molecule has 0 aliphatic rings. The van der Waals surface area contributed by atoms with E-state index in [1.807, 2.05) is 0 Å². The lowest BCUT2D eigenvalue weighted by Crippen LogP contribution is -2.27. The SMILES string of the molecule is ClCCN(CCCl)c1ccc(CNCCCNCc2ccc(N(CCCl)CCCl)cc2)cc1. The Bertz CT molecular complexity index is 668. The van der Waals surface area contributed by atoms with Crippen molar-refractivity contribution in [3.8, 4) is 0 Å². The molecule has 0 spiro atoms. The van der Waals surface area contributed by atoms with Gasteiger partial charge in [0.25, 0.3) is 0 Å². The number of nitrogens with zero attached hydrogens (tertiary/aromatic N) is 2. The molecule has 8 heteroatoms. The first-order valence-corrected chi connectivity index (χ1v) is 13.7. The summed E-state index contributed by atoms with van der Waals surface area (Å²) in [6.07, 6.45) is 1.08. The van der Waals surface area contributed by atoms with Gasteiger partial charge in [0.15, 0.2) is 0 Å². The number of benzene rings is 2. The maximum absolute atomic E-state index is 5.90. The van der Waals surface area contributed by atoms with E-state index in [-0.39, 0.29) is 0 Å². The zero-order valence-corrected chi connectivity index (χ0v) is 22.2.